The van der Waals surface area contributed by atoms with Crippen LogP contribution in [0.3, 0.4) is 0 Å². The highest BCUT2D eigenvalue weighted by Crippen LogP contribution is 2.29. The summed E-state index contributed by atoms with van der Waals surface area (Å²) in [4.78, 5) is 17.6. The van der Waals surface area contributed by atoms with Crippen molar-refractivity contribution in [2.24, 2.45) is 0 Å². The summed E-state index contributed by atoms with van der Waals surface area (Å²) in [7, 11) is 0. The minimum Gasteiger partial charge on any atom is -0.393 e. The standard InChI is InChI=1S/C19H20BrN7/c20-14-4-6-15(7-5-14)25-18-17(21)19(24-13-23-18)27-11-9-26(10-12-27)16-3-1-2-8-22-16/h1-8,13H,9-12,21H2,(H,23,24,25). The van der Waals surface area contributed by atoms with Crippen molar-refractivity contribution in [1.29, 1.82) is 0 Å². The second kappa shape index (κ2) is 7.79. The van der Waals surface area contributed by atoms with E-state index in [0.29, 0.717) is 11.5 Å². The van der Waals surface area contributed by atoms with Gasteiger partial charge in [0.1, 0.15) is 17.8 Å². The SMILES string of the molecule is Nc1c(Nc2ccc(Br)cc2)ncnc1N1CCN(c2ccccn2)CC1. The molecule has 0 unspecified atom stereocenters. The predicted molar refractivity (Wildman–Crippen MR) is 113 cm³/mol. The van der Waals surface area contributed by atoms with E-state index in [-0.39, 0.29) is 0 Å². The van der Waals surface area contributed by atoms with E-state index in [1.54, 1.807) is 6.33 Å². The molecule has 4 rings (SSSR count). The second-order valence-electron chi connectivity index (χ2n) is 6.25. The molecular formula is C19H20BrN7. The zero-order valence-corrected chi connectivity index (χ0v) is 16.3. The maximum Gasteiger partial charge on any atom is 0.159 e. The highest BCUT2D eigenvalue weighted by Gasteiger charge is 2.22. The molecular weight excluding hydrogens is 406 g/mol. The summed E-state index contributed by atoms with van der Waals surface area (Å²) < 4.78 is 1.02. The summed E-state index contributed by atoms with van der Waals surface area (Å²) in [6.45, 7) is 3.40. The number of nitrogens with one attached hydrogen (secondary N) is 1. The third kappa shape index (κ3) is 3.95. The second-order valence-corrected chi connectivity index (χ2v) is 7.17. The van der Waals surface area contributed by atoms with Crippen LogP contribution in [0.4, 0.5) is 28.8 Å². The molecule has 0 bridgehead atoms. The van der Waals surface area contributed by atoms with E-state index in [1.807, 2.05) is 48.7 Å². The Kier molecular flexibility index (Phi) is 5.06. The van der Waals surface area contributed by atoms with Crippen molar-refractivity contribution in [2.45, 2.75) is 0 Å². The highest BCUT2D eigenvalue weighted by molar-refractivity contribution is 9.10. The van der Waals surface area contributed by atoms with Gasteiger partial charge in [-0.2, -0.15) is 0 Å². The van der Waals surface area contributed by atoms with Crippen LogP contribution < -0.4 is 20.9 Å². The molecule has 0 saturated carbocycles. The zero-order valence-electron chi connectivity index (χ0n) is 14.7. The fraction of sp³-hybridized carbons (Fsp3) is 0.211. The molecule has 0 aliphatic carbocycles. The number of pyridine rings is 1. The molecule has 0 amide bonds. The van der Waals surface area contributed by atoms with Crippen LogP contribution in [0, 0.1) is 0 Å². The number of aromatic nitrogens is 3. The van der Waals surface area contributed by atoms with E-state index in [0.717, 1.165) is 48.0 Å². The van der Waals surface area contributed by atoms with Crippen molar-refractivity contribution in [1.82, 2.24) is 15.0 Å². The van der Waals surface area contributed by atoms with Crippen molar-refractivity contribution in [3.05, 3.63) is 59.5 Å². The average Bonchev–Trinajstić information content (AvgIpc) is 2.72. The van der Waals surface area contributed by atoms with Gasteiger partial charge in [-0.1, -0.05) is 22.0 Å². The summed E-state index contributed by atoms with van der Waals surface area (Å²) >= 11 is 3.44. The maximum absolute atomic E-state index is 6.37. The number of benzene rings is 1. The minimum atomic E-state index is 0.562. The Balaban J connectivity index is 1.47. The molecule has 3 aromatic rings. The normalized spacial score (nSPS) is 14.3. The quantitative estimate of drug-likeness (QED) is 0.663. The lowest BCUT2D eigenvalue weighted by Gasteiger charge is -2.36. The molecule has 0 atom stereocenters. The smallest absolute Gasteiger partial charge is 0.159 e. The fourth-order valence-corrected chi connectivity index (χ4v) is 3.36. The van der Waals surface area contributed by atoms with Crippen LogP contribution in [0.2, 0.25) is 0 Å². The summed E-state index contributed by atoms with van der Waals surface area (Å²) in [5.41, 5.74) is 7.86. The lowest BCUT2D eigenvalue weighted by molar-refractivity contribution is 0.642. The summed E-state index contributed by atoms with van der Waals surface area (Å²) in [6, 6.07) is 13.9. The van der Waals surface area contributed by atoms with Gasteiger partial charge in [-0.3, -0.25) is 0 Å². The number of nitrogens with two attached hydrogens (primary N) is 1. The van der Waals surface area contributed by atoms with Gasteiger partial charge in [0, 0.05) is 42.5 Å². The molecule has 8 heteroatoms. The topological polar surface area (TPSA) is 83.2 Å². The van der Waals surface area contributed by atoms with E-state index >= 15 is 0 Å². The molecule has 1 aliphatic rings. The Morgan fingerprint density at radius 2 is 1.63 bits per heavy atom. The molecule has 3 heterocycles. The van der Waals surface area contributed by atoms with Gasteiger partial charge in [0.15, 0.2) is 11.6 Å². The third-order valence-electron chi connectivity index (χ3n) is 4.52. The molecule has 7 nitrogen and oxygen atoms in total. The molecule has 1 aliphatic heterocycles. The number of hydrogen-bond acceptors (Lipinski definition) is 7. The third-order valence-corrected chi connectivity index (χ3v) is 5.05. The van der Waals surface area contributed by atoms with Crippen LogP contribution >= 0.6 is 15.9 Å². The fourth-order valence-electron chi connectivity index (χ4n) is 3.10. The van der Waals surface area contributed by atoms with Gasteiger partial charge in [0.25, 0.3) is 0 Å². The van der Waals surface area contributed by atoms with Gasteiger partial charge in [-0.25, -0.2) is 15.0 Å². The highest BCUT2D eigenvalue weighted by atomic mass is 79.9. The van der Waals surface area contributed by atoms with Crippen LogP contribution in [-0.2, 0) is 0 Å². The maximum atomic E-state index is 6.37. The van der Waals surface area contributed by atoms with Gasteiger partial charge < -0.3 is 20.9 Å². The molecule has 0 spiro atoms. The van der Waals surface area contributed by atoms with Gasteiger partial charge in [0.2, 0.25) is 0 Å². The van der Waals surface area contributed by atoms with Crippen LogP contribution in [0.1, 0.15) is 0 Å². The average molecular weight is 426 g/mol. The molecule has 1 fully saturated rings. The van der Waals surface area contributed by atoms with Crippen molar-refractivity contribution in [3.8, 4) is 0 Å². The molecule has 3 N–H and O–H groups in total. The first kappa shape index (κ1) is 17.5. The van der Waals surface area contributed by atoms with Crippen molar-refractivity contribution in [3.63, 3.8) is 0 Å². The molecule has 138 valence electrons. The van der Waals surface area contributed by atoms with Gasteiger partial charge in [-0.15, -0.1) is 0 Å². The number of piperazine rings is 1. The Bertz CT molecular complexity index is 894. The predicted octanol–water partition coefficient (Wildman–Crippen LogP) is 3.29. The van der Waals surface area contributed by atoms with Crippen molar-refractivity contribution >= 4 is 44.8 Å². The first-order valence-electron chi connectivity index (χ1n) is 8.75. The number of nitrogen functional groups attached to an aromatic ring is 1. The molecule has 2 aromatic heterocycles. The van der Waals surface area contributed by atoms with Crippen molar-refractivity contribution < 1.29 is 0 Å². The van der Waals surface area contributed by atoms with Gasteiger partial charge in [-0.05, 0) is 36.4 Å². The van der Waals surface area contributed by atoms with E-state index in [2.05, 4.69) is 46.0 Å². The van der Waals surface area contributed by atoms with E-state index in [9.17, 15) is 0 Å². The number of halogens is 1. The Labute approximate surface area is 166 Å². The molecule has 27 heavy (non-hydrogen) atoms. The van der Waals surface area contributed by atoms with Crippen LogP contribution in [0.5, 0.6) is 0 Å². The summed E-state index contributed by atoms with van der Waals surface area (Å²) in [6.07, 6.45) is 3.38. The zero-order chi connectivity index (χ0) is 18.6. The summed E-state index contributed by atoms with van der Waals surface area (Å²) in [5, 5.41) is 3.27. The Morgan fingerprint density at radius 3 is 2.33 bits per heavy atom. The van der Waals surface area contributed by atoms with E-state index in [1.165, 1.54) is 0 Å². The first-order valence-corrected chi connectivity index (χ1v) is 9.54. The Hall–Kier alpha value is -2.87. The number of anilines is 5. The van der Waals surface area contributed by atoms with Crippen LogP contribution in [0.25, 0.3) is 0 Å². The number of nitrogens with zero attached hydrogens (tertiary/aromatic N) is 5. The van der Waals surface area contributed by atoms with Crippen LogP contribution in [-0.4, -0.2) is 41.1 Å². The minimum absolute atomic E-state index is 0.562. The Morgan fingerprint density at radius 1 is 0.889 bits per heavy atom. The number of rotatable bonds is 4. The van der Waals surface area contributed by atoms with Crippen LogP contribution in [0.15, 0.2) is 59.5 Å². The van der Waals surface area contributed by atoms with E-state index < -0.39 is 0 Å². The van der Waals surface area contributed by atoms with Gasteiger partial charge in [0.05, 0.1) is 0 Å². The first-order chi connectivity index (χ1) is 13.2. The van der Waals surface area contributed by atoms with Gasteiger partial charge >= 0.3 is 0 Å². The summed E-state index contributed by atoms with van der Waals surface area (Å²) in [5.74, 6) is 2.39. The molecule has 1 saturated heterocycles. The lowest BCUT2D eigenvalue weighted by Crippen LogP contribution is -2.47. The molecule has 1 aromatic carbocycles. The van der Waals surface area contributed by atoms with E-state index in [4.69, 9.17) is 5.73 Å². The molecule has 0 radical (unpaired) electrons. The largest absolute Gasteiger partial charge is 0.393 e. The number of hydrogen-bond donors (Lipinski definition) is 2. The van der Waals surface area contributed by atoms with Crippen molar-refractivity contribution in [2.75, 3.05) is 47.0 Å². The lowest BCUT2D eigenvalue weighted by atomic mass is 10.2. The monoisotopic (exact) mass is 425 g/mol.